The monoisotopic (exact) mass is 275 g/mol. The molecule has 0 atom stereocenters. The van der Waals surface area contributed by atoms with Gasteiger partial charge in [-0.1, -0.05) is 0 Å². The predicted molar refractivity (Wildman–Crippen MR) is 64.4 cm³/mol. The second-order valence-corrected chi connectivity index (χ2v) is 4.40. The van der Waals surface area contributed by atoms with Gasteiger partial charge < -0.3 is 15.2 Å². The van der Waals surface area contributed by atoms with E-state index in [1.807, 2.05) is 0 Å². The molecule has 0 bridgehead atoms. The van der Waals surface area contributed by atoms with Crippen molar-refractivity contribution in [3.63, 3.8) is 0 Å². The smallest absolute Gasteiger partial charge is 0.416 e. The van der Waals surface area contributed by atoms with Gasteiger partial charge in [0.05, 0.1) is 5.56 Å². The summed E-state index contributed by atoms with van der Waals surface area (Å²) >= 11 is 0. The Labute approximate surface area is 109 Å². The molecule has 0 radical (unpaired) electrons. The van der Waals surface area contributed by atoms with Gasteiger partial charge in [0.1, 0.15) is 13.2 Å². The van der Waals surface area contributed by atoms with E-state index in [2.05, 4.69) is 0 Å². The molecule has 1 aromatic carbocycles. The average molecular weight is 275 g/mol. The van der Waals surface area contributed by atoms with Crippen molar-refractivity contribution >= 4 is 0 Å². The third-order valence-electron chi connectivity index (χ3n) is 2.97. The van der Waals surface area contributed by atoms with Gasteiger partial charge in [-0.25, -0.2) is 0 Å². The summed E-state index contributed by atoms with van der Waals surface area (Å²) in [6, 6.07) is 2.47. The zero-order valence-corrected chi connectivity index (χ0v) is 10.4. The van der Waals surface area contributed by atoms with E-state index in [-0.39, 0.29) is 17.9 Å². The predicted octanol–water partition coefficient (Wildman–Crippen LogP) is 2.76. The van der Waals surface area contributed by atoms with Gasteiger partial charge in [-0.15, -0.1) is 0 Å². The highest BCUT2D eigenvalue weighted by molar-refractivity contribution is 5.49. The van der Waals surface area contributed by atoms with Gasteiger partial charge in [0.2, 0.25) is 0 Å². The van der Waals surface area contributed by atoms with Crippen molar-refractivity contribution in [2.75, 3.05) is 19.8 Å². The minimum atomic E-state index is -4.38. The van der Waals surface area contributed by atoms with Gasteiger partial charge in [0.15, 0.2) is 11.5 Å². The molecule has 3 nitrogen and oxygen atoms in total. The zero-order valence-electron chi connectivity index (χ0n) is 10.4. The number of hydrogen-bond acceptors (Lipinski definition) is 3. The molecule has 1 aliphatic heterocycles. The molecule has 6 heteroatoms. The van der Waals surface area contributed by atoms with Gasteiger partial charge >= 0.3 is 6.18 Å². The lowest BCUT2D eigenvalue weighted by Gasteiger charge is -2.22. The van der Waals surface area contributed by atoms with Gasteiger partial charge in [-0.3, -0.25) is 0 Å². The van der Waals surface area contributed by atoms with Gasteiger partial charge in [-0.05, 0) is 43.5 Å². The molecule has 2 rings (SSSR count). The lowest BCUT2D eigenvalue weighted by atomic mass is 10.00. The number of rotatable bonds is 4. The van der Waals surface area contributed by atoms with E-state index in [9.17, 15) is 13.2 Å². The fourth-order valence-corrected chi connectivity index (χ4v) is 2.06. The summed E-state index contributed by atoms with van der Waals surface area (Å²) in [5.74, 6) is 0.558. The molecular weight excluding hydrogens is 259 g/mol. The number of fused-ring (bicyclic) bond motifs is 1. The van der Waals surface area contributed by atoms with Crippen LogP contribution >= 0.6 is 0 Å². The molecule has 0 spiro atoms. The van der Waals surface area contributed by atoms with E-state index in [0.29, 0.717) is 38.2 Å². The number of halogens is 3. The number of alkyl halides is 3. The van der Waals surface area contributed by atoms with E-state index in [1.54, 1.807) is 0 Å². The van der Waals surface area contributed by atoms with E-state index < -0.39 is 11.7 Å². The quantitative estimate of drug-likeness (QED) is 0.859. The Kier molecular flexibility index (Phi) is 4.19. The third-order valence-corrected chi connectivity index (χ3v) is 2.97. The van der Waals surface area contributed by atoms with Crippen molar-refractivity contribution in [3.8, 4) is 11.5 Å². The van der Waals surface area contributed by atoms with E-state index in [4.69, 9.17) is 15.2 Å². The number of aryl methyl sites for hydroxylation is 1. The van der Waals surface area contributed by atoms with E-state index in [0.717, 1.165) is 6.07 Å². The molecule has 0 saturated carbocycles. The van der Waals surface area contributed by atoms with Crippen LogP contribution in [-0.4, -0.2) is 19.8 Å². The molecule has 1 aliphatic rings. The minimum absolute atomic E-state index is 0.168. The highest BCUT2D eigenvalue weighted by atomic mass is 19.4. The summed E-state index contributed by atoms with van der Waals surface area (Å²) in [4.78, 5) is 0. The Morgan fingerprint density at radius 3 is 2.26 bits per heavy atom. The molecular formula is C13H16F3NO2. The highest BCUT2D eigenvalue weighted by Gasteiger charge is 2.35. The summed E-state index contributed by atoms with van der Waals surface area (Å²) in [6.45, 7) is 1.11. The number of benzene rings is 1. The lowest BCUT2D eigenvalue weighted by Crippen LogP contribution is -2.18. The van der Waals surface area contributed by atoms with Crippen molar-refractivity contribution < 1.29 is 22.6 Å². The molecule has 2 N–H and O–H groups in total. The van der Waals surface area contributed by atoms with E-state index in [1.165, 1.54) is 6.07 Å². The largest absolute Gasteiger partial charge is 0.486 e. The molecule has 0 aliphatic carbocycles. The van der Waals surface area contributed by atoms with Crippen LogP contribution in [-0.2, 0) is 12.6 Å². The fraction of sp³-hybridized carbons (Fsp3) is 0.538. The van der Waals surface area contributed by atoms with Crippen LogP contribution in [0.5, 0.6) is 11.5 Å². The third kappa shape index (κ3) is 3.32. The topological polar surface area (TPSA) is 44.5 Å². The van der Waals surface area contributed by atoms with Crippen LogP contribution in [0, 0.1) is 0 Å². The molecule has 0 saturated heterocycles. The molecule has 0 unspecified atom stereocenters. The van der Waals surface area contributed by atoms with Crippen molar-refractivity contribution in [3.05, 3.63) is 23.3 Å². The van der Waals surface area contributed by atoms with Crippen LogP contribution in [0.25, 0.3) is 0 Å². The molecule has 19 heavy (non-hydrogen) atoms. The number of ether oxygens (including phenoxy) is 2. The molecule has 106 valence electrons. The summed E-state index contributed by atoms with van der Waals surface area (Å²) in [6.07, 6.45) is -2.72. The highest BCUT2D eigenvalue weighted by Crippen LogP contribution is 2.40. The maximum atomic E-state index is 13.0. The van der Waals surface area contributed by atoms with Crippen LogP contribution in [0.2, 0.25) is 0 Å². The van der Waals surface area contributed by atoms with Gasteiger partial charge in [0.25, 0.3) is 0 Å². The molecule has 0 fully saturated rings. The van der Waals surface area contributed by atoms with Crippen LogP contribution in [0.1, 0.15) is 24.0 Å². The minimum Gasteiger partial charge on any atom is -0.486 e. The van der Waals surface area contributed by atoms with Crippen molar-refractivity contribution in [2.24, 2.45) is 5.73 Å². The second-order valence-electron chi connectivity index (χ2n) is 4.40. The fourth-order valence-electron chi connectivity index (χ4n) is 2.06. The van der Waals surface area contributed by atoms with Crippen molar-refractivity contribution in [1.29, 1.82) is 0 Å². The number of nitrogens with two attached hydrogens (primary N) is 1. The van der Waals surface area contributed by atoms with Gasteiger partial charge in [0, 0.05) is 0 Å². The zero-order chi connectivity index (χ0) is 13.9. The Balaban J connectivity index is 2.32. The maximum Gasteiger partial charge on any atom is 0.416 e. The Hall–Kier alpha value is -1.43. The van der Waals surface area contributed by atoms with Crippen molar-refractivity contribution in [1.82, 2.24) is 0 Å². The van der Waals surface area contributed by atoms with E-state index >= 15 is 0 Å². The molecule has 0 aromatic heterocycles. The second kappa shape index (κ2) is 5.69. The summed E-state index contributed by atoms with van der Waals surface area (Å²) in [5.41, 5.74) is 4.96. The first-order valence-electron chi connectivity index (χ1n) is 6.22. The lowest BCUT2D eigenvalue weighted by molar-refractivity contribution is -0.138. The molecule has 0 amide bonds. The Morgan fingerprint density at radius 1 is 1.05 bits per heavy atom. The maximum absolute atomic E-state index is 13.0. The first-order valence-corrected chi connectivity index (χ1v) is 6.22. The first-order chi connectivity index (χ1) is 9.02. The van der Waals surface area contributed by atoms with Crippen molar-refractivity contribution in [2.45, 2.75) is 25.4 Å². The van der Waals surface area contributed by atoms with Crippen LogP contribution in [0.3, 0.4) is 0 Å². The van der Waals surface area contributed by atoms with Crippen LogP contribution in [0.15, 0.2) is 12.1 Å². The molecule has 1 aromatic rings. The summed E-state index contributed by atoms with van der Waals surface area (Å²) in [7, 11) is 0. The van der Waals surface area contributed by atoms with Crippen LogP contribution < -0.4 is 15.2 Å². The van der Waals surface area contributed by atoms with Crippen LogP contribution in [0.4, 0.5) is 13.2 Å². The Bertz CT molecular complexity index is 446. The first kappa shape index (κ1) is 14.0. The SMILES string of the molecule is NCCCCc1cc2c(cc1C(F)(F)F)OCCO2. The number of unbranched alkanes of at least 4 members (excludes halogenated alkanes) is 1. The summed E-state index contributed by atoms with van der Waals surface area (Å²) in [5, 5.41) is 0. The molecule has 1 heterocycles. The summed E-state index contributed by atoms with van der Waals surface area (Å²) < 4.78 is 49.5. The Morgan fingerprint density at radius 2 is 1.68 bits per heavy atom. The standard InChI is InChI=1S/C13H16F3NO2/c14-13(15,16)10-8-12-11(18-5-6-19-12)7-9(10)3-1-2-4-17/h7-8H,1-6,17H2. The average Bonchev–Trinajstić information content (AvgIpc) is 2.37. The normalized spacial score (nSPS) is 14.5. The number of hydrogen-bond donors (Lipinski definition) is 1. The van der Waals surface area contributed by atoms with Gasteiger partial charge in [-0.2, -0.15) is 13.2 Å².